The molecule has 6 nitrogen and oxygen atoms in total. The van der Waals surface area contributed by atoms with Crippen molar-refractivity contribution in [2.24, 2.45) is 0 Å². The fourth-order valence-corrected chi connectivity index (χ4v) is 4.32. The Morgan fingerprint density at radius 3 is 2.58 bits per heavy atom. The summed E-state index contributed by atoms with van der Waals surface area (Å²) in [5.74, 6) is 1.02. The van der Waals surface area contributed by atoms with Crippen LogP contribution in [0.2, 0.25) is 10.0 Å². The van der Waals surface area contributed by atoms with E-state index in [1.807, 2.05) is 49.0 Å². The number of carbonyl (C=O) groups is 1. The number of nitrogens with zero attached hydrogens (tertiary/aromatic N) is 4. The van der Waals surface area contributed by atoms with Crippen LogP contribution in [0, 0.1) is 13.8 Å². The second-order valence-electron chi connectivity index (χ2n) is 7.85. The molecule has 3 heterocycles. The van der Waals surface area contributed by atoms with Crippen LogP contribution in [0.3, 0.4) is 0 Å². The number of nitrogens with one attached hydrogen (secondary N) is 1. The number of carbonyl (C=O) groups excluding carboxylic acids is 1. The highest BCUT2D eigenvalue weighted by Crippen LogP contribution is 2.26. The molecule has 4 rings (SSSR count). The number of rotatable bonds is 5. The third kappa shape index (κ3) is 4.86. The fraction of sp³-hybridized carbons (Fsp3) is 0.348. The van der Waals surface area contributed by atoms with Crippen molar-refractivity contribution in [2.45, 2.75) is 39.2 Å². The summed E-state index contributed by atoms with van der Waals surface area (Å²) in [4.78, 5) is 19.4. The van der Waals surface area contributed by atoms with E-state index >= 15 is 0 Å². The zero-order valence-electron chi connectivity index (χ0n) is 17.6. The third-order valence-corrected chi connectivity index (χ3v) is 6.50. The van der Waals surface area contributed by atoms with Gasteiger partial charge in [0.15, 0.2) is 0 Å². The van der Waals surface area contributed by atoms with E-state index in [-0.39, 0.29) is 11.9 Å². The van der Waals surface area contributed by atoms with Crippen LogP contribution in [-0.4, -0.2) is 39.8 Å². The van der Waals surface area contributed by atoms with E-state index in [0.29, 0.717) is 16.5 Å². The number of anilines is 1. The van der Waals surface area contributed by atoms with Crippen LogP contribution in [-0.2, 0) is 11.2 Å². The maximum atomic E-state index is 12.8. The van der Waals surface area contributed by atoms with Crippen molar-refractivity contribution in [2.75, 3.05) is 18.0 Å². The second-order valence-corrected chi connectivity index (χ2v) is 8.67. The van der Waals surface area contributed by atoms with Crippen LogP contribution in [0.5, 0.6) is 0 Å². The van der Waals surface area contributed by atoms with E-state index in [9.17, 15) is 4.79 Å². The molecule has 0 spiro atoms. The molecule has 162 valence electrons. The van der Waals surface area contributed by atoms with Crippen molar-refractivity contribution in [1.29, 1.82) is 0 Å². The van der Waals surface area contributed by atoms with Gasteiger partial charge in [0.05, 0.1) is 27.8 Å². The number of aromatic nitrogens is 3. The normalized spacial score (nSPS) is 14.6. The highest BCUT2D eigenvalue weighted by molar-refractivity contribution is 6.42. The molecule has 0 unspecified atom stereocenters. The average Bonchev–Trinajstić information content (AvgIpc) is 3.05. The molecule has 2 aromatic heterocycles. The summed E-state index contributed by atoms with van der Waals surface area (Å²) in [6.07, 6.45) is 3.93. The third-order valence-electron chi connectivity index (χ3n) is 5.76. The molecule has 0 atom stereocenters. The Hall–Kier alpha value is -2.57. The molecule has 31 heavy (non-hydrogen) atoms. The first kappa shape index (κ1) is 21.7. The quantitative estimate of drug-likeness (QED) is 0.611. The lowest BCUT2D eigenvalue weighted by atomic mass is 10.0. The van der Waals surface area contributed by atoms with Gasteiger partial charge in [-0.2, -0.15) is 5.10 Å². The van der Waals surface area contributed by atoms with Gasteiger partial charge in [0.1, 0.15) is 5.82 Å². The molecule has 1 aliphatic rings. The molecule has 8 heteroatoms. The Balaban J connectivity index is 1.38. The van der Waals surface area contributed by atoms with Crippen LogP contribution < -0.4 is 10.2 Å². The number of aryl methyl sites for hydroxylation is 1. The van der Waals surface area contributed by atoms with Crippen molar-refractivity contribution in [3.63, 3.8) is 0 Å². The fourth-order valence-electron chi connectivity index (χ4n) is 4.03. The van der Waals surface area contributed by atoms with Gasteiger partial charge < -0.3 is 10.2 Å². The van der Waals surface area contributed by atoms with Gasteiger partial charge in [0.25, 0.3) is 0 Å². The van der Waals surface area contributed by atoms with E-state index in [4.69, 9.17) is 23.2 Å². The number of piperidine rings is 1. The first-order valence-corrected chi connectivity index (χ1v) is 11.1. The molecule has 0 saturated carbocycles. The average molecular weight is 458 g/mol. The molecule has 0 aliphatic carbocycles. The van der Waals surface area contributed by atoms with E-state index in [1.165, 1.54) is 0 Å². The van der Waals surface area contributed by atoms with Crippen LogP contribution in [0.25, 0.3) is 5.69 Å². The maximum Gasteiger partial charge on any atom is 0.224 e. The first-order valence-electron chi connectivity index (χ1n) is 10.4. The highest BCUT2D eigenvalue weighted by atomic mass is 35.5. The lowest BCUT2D eigenvalue weighted by Crippen LogP contribution is -2.45. The van der Waals surface area contributed by atoms with E-state index in [2.05, 4.69) is 20.3 Å². The highest BCUT2D eigenvalue weighted by Gasteiger charge is 2.23. The molecule has 1 saturated heterocycles. The molecule has 3 aromatic rings. The van der Waals surface area contributed by atoms with Crippen molar-refractivity contribution in [1.82, 2.24) is 20.1 Å². The monoisotopic (exact) mass is 457 g/mol. The molecule has 1 fully saturated rings. The van der Waals surface area contributed by atoms with E-state index in [1.54, 1.807) is 12.1 Å². The first-order chi connectivity index (χ1) is 14.9. The smallest absolute Gasteiger partial charge is 0.224 e. The maximum absolute atomic E-state index is 12.8. The van der Waals surface area contributed by atoms with Crippen LogP contribution in [0.1, 0.15) is 29.8 Å². The number of amides is 1. The Labute approximate surface area is 192 Å². The number of halogens is 2. The second kappa shape index (κ2) is 9.28. The number of pyridine rings is 1. The van der Waals surface area contributed by atoms with Gasteiger partial charge in [0.2, 0.25) is 5.91 Å². The summed E-state index contributed by atoms with van der Waals surface area (Å²) in [7, 11) is 0. The summed E-state index contributed by atoms with van der Waals surface area (Å²) in [6.45, 7) is 5.66. The molecule has 1 aromatic carbocycles. The predicted molar refractivity (Wildman–Crippen MR) is 124 cm³/mol. The zero-order valence-corrected chi connectivity index (χ0v) is 19.1. The topological polar surface area (TPSA) is 63.1 Å². The van der Waals surface area contributed by atoms with Gasteiger partial charge in [0, 0.05) is 36.6 Å². The van der Waals surface area contributed by atoms with Gasteiger partial charge in [-0.3, -0.25) is 4.79 Å². The Kier molecular flexibility index (Phi) is 6.49. The number of benzene rings is 1. The Morgan fingerprint density at radius 1 is 1.13 bits per heavy atom. The molecule has 1 N–H and O–H groups in total. The van der Waals surface area contributed by atoms with Crippen LogP contribution >= 0.6 is 23.2 Å². The summed E-state index contributed by atoms with van der Waals surface area (Å²) in [5, 5.41) is 8.79. The zero-order chi connectivity index (χ0) is 22.0. The molecular weight excluding hydrogens is 433 g/mol. The predicted octanol–water partition coefficient (Wildman–Crippen LogP) is 4.52. The molecule has 0 bridgehead atoms. The standard InChI is InChI=1S/C23H25Cl2N5O/c1-15-19(16(2)30(28-15)18-6-7-20(24)21(25)13-18)14-23(31)27-17-8-11-29(12-9-17)22-5-3-4-10-26-22/h3-7,10,13,17H,8-9,11-12,14H2,1-2H3,(H,27,31). The van der Waals surface area contributed by atoms with Crippen LogP contribution in [0.4, 0.5) is 5.82 Å². The lowest BCUT2D eigenvalue weighted by Gasteiger charge is -2.33. The minimum Gasteiger partial charge on any atom is -0.356 e. The largest absolute Gasteiger partial charge is 0.356 e. The van der Waals surface area contributed by atoms with Gasteiger partial charge in [-0.1, -0.05) is 29.3 Å². The van der Waals surface area contributed by atoms with Gasteiger partial charge in [-0.15, -0.1) is 0 Å². The lowest BCUT2D eigenvalue weighted by molar-refractivity contribution is -0.121. The van der Waals surface area contributed by atoms with Gasteiger partial charge in [-0.05, 0) is 57.0 Å². The number of hydrogen-bond acceptors (Lipinski definition) is 4. The van der Waals surface area contributed by atoms with Crippen LogP contribution in [0.15, 0.2) is 42.6 Å². The SMILES string of the molecule is Cc1nn(-c2ccc(Cl)c(Cl)c2)c(C)c1CC(=O)NC1CCN(c2ccccn2)CC1. The van der Waals surface area contributed by atoms with E-state index < -0.39 is 0 Å². The molecular formula is C23H25Cl2N5O. The van der Waals surface area contributed by atoms with Crippen molar-refractivity contribution in [3.8, 4) is 5.69 Å². The van der Waals surface area contributed by atoms with Crippen molar-refractivity contribution < 1.29 is 4.79 Å². The molecule has 1 aliphatic heterocycles. The summed E-state index contributed by atoms with van der Waals surface area (Å²) >= 11 is 12.2. The van der Waals surface area contributed by atoms with Gasteiger partial charge >= 0.3 is 0 Å². The summed E-state index contributed by atoms with van der Waals surface area (Å²) in [5.41, 5.74) is 3.53. The Morgan fingerprint density at radius 2 is 1.90 bits per heavy atom. The summed E-state index contributed by atoms with van der Waals surface area (Å²) in [6, 6.07) is 11.5. The molecule has 0 radical (unpaired) electrons. The Bertz CT molecular complexity index is 1080. The van der Waals surface area contributed by atoms with Crippen molar-refractivity contribution >= 4 is 34.9 Å². The van der Waals surface area contributed by atoms with Crippen molar-refractivity contribution in [3.05, 3.63) is 69.6 Å². The number of hydrogen-bond donors (Lipinski definition) is 1. The minimum atomic E-state index is 0.0242. The molecule has 1 amide bonds. The minimum absolute atomic E-state index is 0.0242. The summed E-state index contributed by atoms with van der Waals surface area (Å²) < 4.78 is 1.81. The van der Waals surface area contributed by atoms with E-state index in [0.717, 1.165) is 54.4 Å². The van der Waals surface area contributed by atoms with Gasteiger partial charge in [-0.25, -0.2) is 9.67 Å².